The molecule has 108 valence electrons. The predicted molar refractivity (Wildman–Crippen MR) is 84.9 cm³/mol. The summed E-state index contributed by atoms with van der Waals surface area (Å²) in [7, 11) is 0. The van der Waals surface area contributed by atoms with Gasteiger partial charge in [0.25, 0.3) is 11.6 Å². The summed E-state index contributed by atoms with van der Waals surface area (Å²) in [4.78, 5) is 22.6. The van der Waals surface area contributed by atoms with Gasteiger partial charge in [-0.2, -0.15) is 0 Å². The van der Waals surface area contributed by atoms with Crippen LogP contribution in [0.15, 0.2) is 40.9 Å². The minimum absolute atomic E-state index is 0.155. The van der Waals surface area contributed by atoms with Crippen molar-refractivity contribution in [1.82, 2.24) is 0 Å². The van der Waals surface area contributed by atoms with Gasteiger partial charge < -0.3 is 5.32 Å². The van der Waals surface area contributed by atoms with E-state index >= 15 is 0 Å². The number of nitrogens with zero attached hydrogens (tertiary/aromatic N) is 1. The first-order chi connectivity index (χ1) is 9.88. The molecule has 0 spiro atoms. The van der Waals surface area contributed by atoms with Crippen molar-refractivity contribution in [3.05, 3.63) is 67.1 Å². The molecule has 0 aliphatic carbocycles. The van der Waals surface area contributed by atoms with E-state index in [9.17, 15) is 14.9 Å². The molecule has 2 aromatic carbocycles. The number of benzene rings is 2. The molecule has 5 nitrogen and oxygen atoms in total. The summed E-state index contributed by atoms with van der Waals surface area (Å²) < 4.78 is 0.669. The predicted octanol–water partition coefficient (Wildman–Crippen LogP) is 4.57. The van der Waals surface area contributed by atoms with Gasteiger partial charge in [0, 0.05) is 16.1 Å². The van der Waals surface area contributed by atoms with Gasteiger partial charge in [-0.15, -0.1) is 0 Å². The molecule has 0 saturated carbocycles. The Kier molecular flexibility index (Phi) is 4.59. The van der Waals surface area contributed by atoms with E-state index in [0.717, 1.165) is 5.56 Å². The highest BCUT2D eigenvalue weighted by Crippen LogP contribution is 2.27. The molecule has 0 bridgehead atoms. The average Bonchev–Trinajstić information content (AvgIpc) is 2.41. The summed E-state index contributed by atoms with van der Waals surface area (Å²) >= 11 is 9.17. The SMILES string of the molecule is Cc1ccc([N+](=O)[O-])c(NC(=O)c2ccc(Br)c(Cl)c2)c1. The number of carbonyl (C=O) groups excluding carboxylic acids is 1. The highest BCUT2D eigenvalue weighted by Gasteiger charge is 2.17. The van der Waals surface area contributed by atoms with Crippen LogP contribution in [0.5, 0.6) is 0 Å². The number of hydrogen-bond donors (Lipinski definition) is 1. The third-order valence-corrected chi connectivity index (χ3v) is 4.01. The maximum absolute atomic E-state index is 12.2. The molecule has 0 aliphatic heterocycles. The fraction of sp³-hybridized carbons (Fsp3) is 0.0714. The van der Waals surface area contributed by atoms with Gasteiger partial charge in [0.1, 0.15) is 5.69 Å². The zero-order chi connectivity index (χ0) is 15.6. The number of nitro benzene ring substituents is 1. The van der Waals surface area contributed by atoms with Crippen molar-refractivity contribution in [3.8, 4) is 0 Å². The van der Waals surface area contributed by atoms with Crippen LogP contribution in [0.4, 0.5) is 11.4 Å². The topological polar surface area (TPSA) is 72.2 Å². The largest absolute Gasteiger partial charge is 0.316 e. The van der Waals surface area contributed by atoms with Crippen molar-refractivity contribution in [2.75, 3.05) is 5.32 Å². The molecule has 2 aromatic rings. The molecular weight excluding hydrogens is 360 g/mol. The molecule has 0 saturated heterocycles. The molecule has 0 fully saturated rings. The Labute approximate surface area is 134 Å². The highest BCUT2D eigenvalue weighted by molar-refractivity contribution is 9.10. The second-order valence-corrected chi connectivity index (χ2v) is 5.62. The Balaban J connectivity index is 2.33. The fourth-order valence-electron chi connectivity index (χ4n) is 1.74. The second kappa shape index (κ2) is 6.24. The van der Waals surface area contributed by atoms with E-state index in [-0.39, 0.29) is 11.4 Å². The smallest absolute Gasteiger partial charge is 0.292 e. The summed E-state index contributed by atoms with van der Waals surface area (Å²) in [5.74, 6) is -0.460. The minimum Gasteiger partial charge on any atom is -0.316 e. The van der Waals surface area contributed by atoms with Crippen LogP contribution in [0.25, 0.3) is 0 Å². The van der Waals surface area contributed by atoms with E-state index in [4.69, 9.17) is 11.6 Å². The van der Waals surface area contributed by atoms with Crippen molar-refractivity contribution >= 4 is 44.8 Å². The normalized spacial score (nSPS) is 10.2. The van der Waals surface area contributed by atoms with Gasteiger partial charge in [-0.1, -0.05) is 17.7 Å². The Bertz CT molecular complexity index is 734. The first-order valence-electron chi connectivity index (χ1n) is 5.90. The number of carbonyl (C=O) groups is 1. The molecule has 0 aromatic heterocycles. The summed E-state index contributed by atoms with van der Waals surface area (Å²) in [5, 5.41) is 13.9. The van der Waals surface area contributed by atoms with Crippen LogP contribution in [0.3, 0.4) is 0 Å². The Hall–Kier alpha value is -1.92. The van der Waals surface area contributed by atoms with E-state index in [1.807, 2.05) is 0 Å². The number of hydrogen-bond acceptors (Lipinski definition) is 3. The zero-order valence-electron chi connectivity index (χ0n) is 10.9. The molecule has 1 N–H and O–H groups in total. The number of aryl methyl sites for hydroxylation is 1. The molecule has 0 radical (unpaired) electrons. The zero-order valence-corrected chi connectivity index (χ0v) is 13.2. The first kappa shape index (κ1) is 15.5. The standard InChI is InChI=1S/C14H10BrClN2O3/c1-8-2-5-13(18(20)21)12(6-8)17-14(19)9-3-4-10(15)11(16)7-9/h2-7H,1H3,(H,17,19). The number of rotatable bonds is 3. The van der Waals surface area contributed by atoms with Crippen LogP contribution in [0, 0.1) is 17.0 Å². The lowest BCUT2D eigenvalue weighted by Crippen LogP contribution is -2.13. The van der Waals surface area contributed by atoms with E-state index < -0.39 is 10.8 Å². The van der Waals surface area contributed by atoms with Crippen LogP contribution in [0.1, 0.15) is 15.9 Å². The van der Waals surface area contributed by atoms with Crippen LogP contribution in [0.2, 0.25) is 5.02 Å². The quantitative estimate of drug-likeness (QED) is 0.636. The van der Waals surface area contributed by atoms with Gasteiger partial charge in [-0.05, 0) is 52.7 Å². The highest BCUT2D eigenvalue weighted by atomic mass is 79.9. The van der Waals surface area contributed by atoms with Crippen molar-refractivity contribution in [2.24, 2.45) is 0 Å². The van der Waals surface area contributed by atoms with Crippen LogP contribution >= 0.6 is 27.5 Å². The summed E-state index contributed by atoms with van der Waals surface area (Å²) in [6.07, 6.45) is 0. The lowest BCUT2D eigenvalue weighted by Gasteiger charge is -2.07. The van der Waals surface area contributed by atoms with Gasteiger partial charge in [-0.25, -0.2) is 0 Å². The van der Waals surface area contributed by atoms with Crippen LogP contribution in [-0.2, 0) is 0 Å². The molecule has 0 aliphatic rings. The van der Waals surface area contributed by atoms with E-state index in [1.165, 1.54) is 12.1 Å². The Morgan fingerprint density at radius 3 is 2.62 bits per heavy atom. The van der Waals surface area contributed by atoms with Crippen molar-refractivity contribution in [2.45, 2.75) is 6.92 Å². The lowest BCUT2D eigenvalue weighted by atomic mass is 10.1. The molecule has 21 heavy (non-hydrogen) atoms. The third kappa shape index (κ3) is 3.59. The maximum Gasteiger partial charge on any atom is 0.292 e. The van der Waals surface area contributed by atoms with E-state index in [1.54, 1.807) is 31.2 Å². The Morgan fingerprint density at radius 2 is 2.00 bits per heavy atom. The third-order valence-electron chi connectivity index (χ3n) is 2.78. The maximum atomic E-state index is 12.2. The minimum atomic E-state index is -0.538. The summed E-state index contributed by atoms with van der Waals surface area (Å²) in [6, 6.07) is 9.23. The number of nitro groups is 1. The van der Waals surface area contributed by atoms with Crippen molar-refractivity contribution in [3.63, 3.8) is 0 Å². The van der Waals surface area contributed by atoms with Gasteiger partial charge in [0.05, 0.1) is 9.95 Å². The van der Waals surface area contributed by atoms with Gasteiger partial charge in [-0.3, -0.25) is 14.9 Å². The number of anilines is 1. The first-order valence-corrected chi connectivity index (χ1v) is 7.07. The molecule has 1 amide bonds. The molecule has 0 atom stereocenters. The second-order valence-electron chi connectivity index (χ2n) is 4.36. The van der Waals surface area contributed by atoms with Gasteiger partial charge >= 0.3 is 0 Å². The Morgan fingerprint density at radius 1 is 1.29 bits per heavy atom. The molecule has 2 rings (SSSR count). The number of halogens is 2. The average molecular weight is 370 g/mol. The summed E-state index contributed by atoms with van der Waals surface area (Å²) in [5.41, 5.74) is 1.13. The van der Waals surface area contributed by atoms with Gasteiger partial charge in [0.15, 0.2) is 0 Å². The van der Waals surface area contributed by atoms with Crippen LogP contribution < -0.4 is 5.32 Å². The van der Waals surface area contributed by atoms with E-state index in [2.05, 4.69) is 21.2 Å². The molecular formula is C14H10BrClN2O3. The molecule has 0 unspecified atom stereocenters. The fourth-order valence-corrected chi connectivity index (χ4v) is 2.17. The molecule has 0 heterocycles. The van der Waals surface area contributed by atoms with Gasteiger partial charge in [0.2, 0.25) is 0 Å². The van der Waals surface area contributed by atoms with Crippen molar-refractivity contribution in [1.29, 1.82) is 0 Å². The summed E-state index contributed by atoms with van der Waals surface area (Å²) in [6.45, 7) is 1.79. The monoisotopic (exact) mass is 368 g/mol. The van der Waals surface area contributed by atoms with Crippen molar-refractivity contribution < 1.29 is 9.72 Å². The van der Waals surface area contributed by atoms with Crippen LogP contribution in [-0.4, -0.2) is 10.8 Å². The van der Waals surface area contributed by atoms with E-state index in [0.29, 0.717) is 15.1 Å². The molecule has 7 heteroatoms. The lowest BCUT2D eigenvalue weighted by molar-refractivity contribution is -0.383. The number of nitrogens with one attached hydrogen (secondary N) is 1. The number of amides is 1.